The Hall–Kier alpha value is -2.10. The zero-order chi connectivity index (χ0) is 10.8. The minimum absolute atomic E-state index is 0.425. The van der Waals surface area contributed by atoms with Crippen LogP contribution in [0.1, 0.15) is 16.1 Å². The number of pyridine rings is 1. The summed E-state index contributed by atoms with van der Waals surface area (Å²) in [5.74, 6) is -0.425. The topological polar surface area (TPSA) is 71.8 Å². The average molecular weight is 201 g/mol. The highest BCUT2D eigenvalue weighted by Crippen LogP contribution is 2.18. The maximum absolute atomic E-state index is 11.0. The van der Waals surface area contributed by atoms with E-state index < -0.39 is 5.91 Å². The third-order valence-corrected chi connectivity index (χ3v) is 2.22. The van der Waals surface area contributed by atoms with Crippen molar-refractivity contribution >= 4 is 5.91 Å². The highest BCUT2D eigenvalue weighted by molar-refractivity contribution is 5.95. The molecule has 2 aromatic rings. The molecule has 4 heteroatoms. The number of nitrogens with two attached hydrogens (primary N) is 1. The molecule has 3 N–H and O–H groups in total. The maximum atomic E-state index is 11.0. The highest BCUT2D eigenvalue weighted by Gasteiger charge is 2.10. The molecule has 0 aliphatic carbocycles. The molecule has 4 nitrogen and oxygen atoms in total. The SMILES string of the molecule is Cc1[nH]c(-c2ccccn2)cc1C(N)=O. The number of primary amides is 1. The molecule has 0 spiro atoms. The fourth-order valence-corrected chi connectivity index (χ4v) is 1.47. The Morgan fingerprint density at radius 2 is 2.27 bits per heavy atom. The predicted molar refractivity (Wildman–Crippen MR) is 57.3 cm³/mol. The first-order valence-corrected chi connectivity index (χ1v) is 4.59. The molecule has 0 saturated heterocycles. The fraction of sp³-hybridized carbons (Fsp3) is 0.0909. The standard InChI is InChI=1S/C11H11N3O/c1-7-8(11(12)15)6-10(14-7)9-4-2-3-5-13-9/h2-6,14H,1H3,(H2,12,15). The van der Waals surface area contributed by atoms with Crippen molar-refractivity contribution in [3.8, 4) is 11.4 Å². The molecule has 2 rings (SSSR count). The first-order valence-electron chi connectivity index (χ1n) is 4.59. The van der Waals surface area contributed by atoms with E-state index in [0.29, 0.717) is 5.56 Å². The van der Waals surface area contributed by atoms with Gasteiger partial charge in [-0.2, -0.15) is 0 Å². The molecule has 0 unspecified atom stereocenters. The van der Waals surface area contributed by atoms with Crippen LogP contribution in [0.25, 0.3) is 11.4 Å². The number of nitrogens with one attached hydrogen (secondary N) is 1. The van der Waals surface area contributed by atoms with Crippen LogP contribution in [0, 0.1) is 6.92 Å². The van der Waals surface area contributed by atoms with Crippen LogP contribution in [0.5, 0.6) is 0 Å². The summed E-state index contributed by atoms with van der Waals surface area (Å²) < 4.78 is 0. The zero-order valence-electron chi connectivity index (χ0n) is 8.32. The summed E-state index contributed by atoms with van der Waals surface area (Å²) in [6.07, 6.45) is 1.70. The number of hydrogen-bond acceptors (Lipinski definition) is 2. The molecule has 76 valence electrons. The molecule has 0 aliphatic rings. The Kier molecular flexibility index (Phi) is 2.25. The number of carbonyl (C=O) groups excluding carboxylic acids is 1. The number of carbonyl (C=O) groups is 1. The van der Waals surface area contributed by atoms with Crippen molar-refractivity contribution < 1.29 is 4.79 Å². The van der Waals surface area contributed by atoms with E-state index in [-0.39, 0.29) is 0 Å². The van der Waals surface area contributed by atoms with Crippen LogP contribution < -0.4 is 5.73 Å². The largest absolute Gasteiger partial charge is 0.366 e. The van der Waals surface area contributed by atoms with Gasteiger partial charge in [-0.05, 0) is 25.1 Å². The average Bonchev–Trinajstić information content (AvgIpc) is 2.62. The summed E-state index contributed by atoms with van der Waals surface area (Å²) >= 11 is 0. The third-order valence-electron chi connectivity index (χ3n) is 2.22. The highest BCUT2D eigenvalue weighted by atomic mass is 16.1. The molecule has 2 aromatic heterocycles. The van der Waals surface area contributed by atoms with Gasteiger partial charge in [-0.3, -0.25) is 9.78 Å². The van der Waals surface area contributed by atoms with Gasteiger partial charge in [0.25, 0.3) is 5.91 Å². The summed E-state index contributed by atoms with van der Waals surface area (Å²) in [4.78, 5) is 18.3. The number of H-pyrrole nitrogens is 1. The Balaban J connectivity index is 2.48. The van der Waals surface area contributed by atoms with Crippen molar-refractivity contribution in [2.24, 2.45) is 5.73 Å². The van der Waals surface area contributed by atoms with Gasteiger partial charge >= 0.3 is 0 Å². The molecule has 0 atom stereocenters. The molecule has 0 saturated carbocycles. The van der Waals surface area contributed by atoms with Crippen molar-refractivity contribution in [1.82, 2.24) is 9.97 Å². The second kappa shape index (κ2) is 3.57. The first kappa shape index (κ1) is 9.45. The van der Waals surface area contributed by atoms with E-state index in [4.69, 9.17) is 5.73 Å². The molecule has 0 aliphatic heterocycles. The van der Waals surface area contributed by atoms with Crippen LogP contribution in [0.15, 0.2) is 30.5 Å². The summed E-state index contributed by atoms with van der Waals surface area (Å²) in [5.41, 5.74) is 8.11. The molecule has 1 amide bonds. The summed E-state index contributed by atoms with van der Waals surface area (Å²) in [5, 5.41) is 0. The second-order valence-electron chi connectivity index (χ2n) is 3.30. The lowest BCUT2D eigenvalue weighted by atomic mass is 10.2. The zero-order valence-corrected chi connectivity index (χ0v) is 8.32. The number of rotatable bonds is 2. The lowest BCUT2D eigenvalue weighted by Crippen LogP contribution is -2.10. The minimum Gasteiger partial charge on any atom is -0.366 e. The lowest BCUT2D eigenvalue weighted by Gasteiger charge is -1.94. The van der Waals surface area contributed by atoms with E-state index in [0.717, 1.165) is 17.1 Å². The number of nitrogens with zero attached hydrogens (tertiary/aromatic N) is 1. The first-order chi connectivity index (χ1) is 7.18. The van der Waals surface area contributed by atoms with Crippen molar-refractivity contribution in [1.29, 1.82) is 0 Å². The molecular weight excluding hydrogens is 190 g/mol. The van der Waals surface area contributed by atoms with Crippen molar-refractivity contribution in [2.75, 3.05) is 0 Å². The molecular formula is C11H11N3O. The van der Waals surface area contributed by atoms with E-state index in [2.05, 4.69) is 9.97 Å². The number of aromatic nitrogens is 2. The quantitative estimate of drug-likeness (QED) is 0.772. The predicted octanol–water partition coefficient (Wildman–Crippen LogP) is 1.48. The van der Waals surface area contributed by atoms with Gasteiger partial charge in [0.15, 0.2) is 0 Å². The lowest BCUT2D eigenvalue weighted by molar-refractivity contribution is 0.1000. The van der Waals surface area contributed by atoms with Crippen molar-refractivity contribution in [3.63, 3.8) is 0 Å². The third kappa shape index (κ3) is 1.74. The van der Waals surface area contributed by atoms with Crippen molar-refractivity contribution in [2.45, 2.75) is 6.92 Å². The Morgan fingerprint density at radius 3 is 2.80 bits per heavy atom. The van der Waals surface area contributed by atoms with Gasteiger partial charge in [-0.1, -0.05) is 6.07 Å². The van der Waals surface area contributed by atoms with E-state index in [1.54, 1.807) is 12.3 Å². The second-order valence-corrected chi connectivity index (χ2v) is 3.30. The van der Waals surface area contributed by atoms with Gasteiger partial charge < -0.3 is 10.7 Å². The van der Waals surface area contributed by atoms with Gasteiger partial charge in [0, 0.05) is 11.9 Å². The Bertz CT molecular complexity index is 488. The van der Waals surface area contributed by atoms with Gasteiger partial charge in [-0.25, -0.2) is 0 Å². The Morgan fingerprint density at radius 1 is 1.47 bits per heavy atom. The number of aryl methyl sites for hydroxylation is 1. The number of aromatic amines is 1. The van der Waals surface area contributed by atoms with E-state index in [1.807, 2.05) is 25.1 Å². The Labute approximate surface area is 87.1 Å². The van der Waals surface area contributed by atoms with Crippen LogP contribution >= 0.6 is 0 Å². The van der Waals surface area contributed by atoms with Crippen molar-refractivity contribution in [3.05, 3.63) is 41.7 Å². The monoisotopic (exact) mass is 201 g/mol. The van der Waals surface area contributed by atoms with Gasteiger partial charge in [0.1, 0.15) is 0 Å². The van der Waals surface area contributed by atoms with E-state index in [9.17, 15) is 4.79 Å². The van der Waals surface area contributed by atoms with Crippen LogP contribution in [-0.4, -0.2) is 15.9 Å². The molecule has 15 heavy (non-hydrogen) atoms. The fourth-order valence-electron chi connectivity index (χ4n) is 1.47. The molecule has 0 aromatic carbocycles. The smallest absolute Gasteiger partial charge is 0.250 e. The van der Waals surface area contributed by atoms with Crippen LogP contribution in [-0.2, 0) is 0 Å². The van der Waals surface area contributed by atoms with Crippen LogP contribution in [0.2, 0.25) is 0 Å². The van der Waals surface area contributed by atoms with Crippen LogP contribution in [0.3, 0.4) is 0 Å². The van der Waals surface area contributed by atoms with Gasteiger partial charge in [0.05, 0.1) is 17.0 Å². The maximum Gasteiger partial charge on any atom is 0.250 e. The minimum atomic E-state index is -0.425. The molecule has 0 fully saturated rings. The normalized spacial score (nSPS) is 10.2. The van der Waals surface area contributed by atoms with E-state index >= 15 is 0 Å². The van der Waals surface area contributed by atoms with Gasteiger partial charge in [0.2, 0.25) is 0 Å². The summed E-state index contributed by atoms with van der Waals surface area (Å²) in [6.45, 7) is 1.81. The number of hydrogen-bond donors (Lipinski definition) is 2. The molecule has 0 bridgehead atoms. The molecule has 2 heterocycles. The summed E-state index contributed by atoms with van der Waals surface area (Å²) in [6, 6.07) is 7.33. The van der Waals surface area contributed by atoms with Gasteiger partial charge in [-0.15, -0.1) is 0 Å². The summed E-state index contributed by atoms with van der Waals surface area (Å²) in [7, 11) is 0. The molecule has 0 radical (unpaired) electrons. The van der Waals surface area contributed by atoms with Crippen LogP contribution in [0.4, 0.5) is 0 Å². The van der Waals surface area contributed by atoms with E-state index in [1.165, 1.54) is 0 Å². The number of amides is 1.